The lowest BCUT2D eigenvalue weighted by molar-refractivity contribution is 0.0734. The number of carbonyl (C=O) groups excluding carboxylic acids is 2. The maximum atomic E-state index is 12.6. The van der Waals surface area contributed by atoms with Crippen LogP contribution in [0.5, 0.6) is 5.75 Å². The van der Waals surface area contributed by atoms with E-state index in [0.717, 1.165) is 4.90 Å². The molecular weight excluding hydrogens is 382 g/mol. The number of fused-ring (bicyclic) bond motifs is 1. The molecule has 0 atom stereocenters. The number of hydrogen-bond acceptors (Lipinski definition) is 5. The standard InChI is InChI=1S/C21H12ClNO3S/c22-20-15(8-5-11-23-20)21(25)26-16-9-3-1-6-13(16)12-18-19(24)14-7-2-4-10-17(14)27-18/h1-12H. The molecule has 27 heavy (non-hydrogen) atoms. The molecule has 0 unspecified atom stereocenters. The number of aromatic nitrogens is 1. The van der Waals surface area contributed by atoms with Crippen LogP contribution in [0.15, 0.2) is 76.7 Å². The van der Waals surface area contributed by atoms with Gasteiger partial charge in [0.25, 0.3) is 0 Å². The van der Waals surface area contributed by atoms with E-state index in [0.29, 0.717) is 21.8 Å². The quantitative estimate of drug-likeness (QED) is 0.262. The second-order valence-corrected chi connectivity index (χ2v) is 7.15. The number of esters is 1. The number of para-hydroxylation sites is 1. The zero-order valence-electron chi connectivity index (χ0n) is 13.9. The van der Waals surface area contributed by atoms with Gasteiger partial charge in [-0.2, -0.15) is 0 Å². The van der Waals surface area contributed by atoms with Gasteiger partial charge in [-0.25, -0.2) is 9.78 Å². The number of allylic oxidation sites excluding steroid dienone is 1. The minimum absolute atomic E-state index is 0.0352. The van der Waals surface area contributed by atoms with Crippen LogP contribution in [-0.2, 0) is 0 Å². The molecule has 4 rings (SSSR count). The summed E-state index contributed by atoms with van der Waals surface area (Å²) >= 11 is 7.37. The third-order valence-electron chi connectivity index (χ3n) is 3.96. The average molecular weight is 394 g/mol. The molecule has 4 nitrogen and oxygen atoms in total. The summed E-state index contributed by atoms with van der Waals surface area (Å²) in [4.78, 5) is 30.4. The highest BCUT2D eigenvalue weighted by Crippen LogP contribution is 2.41. The molecule has 0 aliphatic carbocycles. The van der Waals surface area contributed by atoms with Crippen LogP contribution >= 0.6 is 23.4 Å². The molecule has 0 radical (unpaired) electrons. The van der Waals surface area contributed by atoms with Crippen molar-refractivity contribution in [3.63, 3.8) is 0 Å². The molecule has 2 aromatic carbocycles. The normalized spacial score (nSPS) is 14.3. The predicted molar refractivity (Wildman–Crippen MR) is 105 cm³/mol. The number of carbonyl (C=O) groups is 2. The summed E-state index contributed by atoms with van der Waals surface area (Å²) in [5.41, 5.74) is 1.50. The molecular formula is C21H12ClNO3S. The number of hydrogen-bond donors (Lipinski definition) is 0. The largest absolute Gasteiger partial charge is 0.422 e. The molecule has 6 heteroatoms. The summed E-state index contributed by atoms with van der Waals surface area (Å²) in [6, 6.07) is 17.7. The fourth-order valence-electron chi connectivity index (χ4n) is 2.66. The van der Waals surface area contributed by atoms with E-state index in [1.165, 1.54) is 18.0 Å². The topological polar surface area (TPSA) is 56.3 Å². The summed E-state index contributed by atoms with van der Waals surface area (Å²) in [5.74, 6) is -0.293. The molecule has 2 heterocycles. The van der Waals surface area contributed by atoms with Crippen molar-refractivity contribution >= 4 is 41.2 Å². The van der Waals surface area contributed by atoms with Gasteiger partial charge in [-0.1, -0.05) is 53.7 Å². The maximum absolute atomic E-state index is 12.6. The molecule has 1 aliphatic heterocycles. The first kappa shape index (κ1) is 17.5. The van der Waals surface area contributed by atoms with Gasteiger partial charge in [0.1, 0.15) is 10.9 Å². The van der Waals surface area contributed by atoms with Crippen molar-refractivity contribution in [1.82, 2.24) is 4.98 Å². The van der Waals surface area contributed by atoms with Gasteiger partial charge in [-0.05, 0) is 36.4 Å². The SMILES string of the molecule is O=C1C(=Cc2ccccc2OC(=O)c2cccnc2Cl)Sc2ccccc21. The molecule has 0 spiro atoms. The Labute approximate surface area is 164 Å². The summed E-state index contributed by atoms with van der Waals surface area (Å²) in [6.45, 7) is 0. The van der Waals surface area contributed by atoms with E-state index < -0.39 is 5.97 Å². The van der Waals surface area contributed by atoms with Gasteiger partial charge >= 0.3 is 5.97 Å². The summed E-state index contributed by atoms with van der Waals surface area (Å²) < 4.78 is 5.51. The maximum Gasteiger partial charge on any atom is 0.346 e. The van der Waals surface area contributed by atoms with E-state index in [4.69, 9.17) is 16.3 Å². The number of halogens is 1. The van der Waals surface area contributed by atoms with Crippen LogP contribution in [0.2, 0.25) is 5.15 Å². The van der Waals surface area contributed by atoms with Crippen molar-refractivity contribution in [3.8, 4) is 5.75 Å². The highest BCUT2D eigenvalue weighted by Gasteiger charge is 2.25. The molecule has 0 amide bonds. The van der Waals surface area contributed by atoms with Crippen LogP contribution < -0.4 is 4.74 Å². The lowest BCUT2D eigenvalue weighted by Crippen LogP contribution is -2.10. The Hall–Kier alpha value is -2.89. The lowest BCUT2D eigenvalue weighted by Gasteiger charge is -2.08. The average Bonchev–Trinajstić information content (AvgIpc) is 2.99. The molecule has 1 aromatic heterocycles. The van der Waals surface area contributed by atoms with Crippen LogP contribution in [0.3, 0.4) is 0 Å². The van der Waals surface area contributed by atoms with Gasteiger partial charge < -0.3 is 4.74 Å². The van der Waals surface area contributed by atoms with E-state index in [1.807, 2.05) is 30.3 Å². The molecule has 0 bridgehead atoms. The molecule has 0 saturated heterocycles. The number of benzene rings is 2. The second-order valence-electron chi connectivity index (χ2n) is 5.71. The van der Waals surface area contributed by atoms with Gasteiger partial charge in [-0.15, -0.1) is 0 Å². The number of rotatable bonds is 3. The van der Waals surface area contributed by atoms with Crippen LogP contribution in [0.4, 0.5) is 0 Å². The number of ether oxygens (including phenoxy) is 1. The number of Topliss-reactive ketones (excluding diaryl/α,β-unsaturated/α-hetero) is 1. The Bertz CT molecular complexity index is 1090. The molecule has 0 fully saturated rings. The van der Waals surface area contributed by atoms with Crippen LogP contribution in [-0.4, -0.2) is 16.7 Å². The number of nitrogens with zero attached hydrogens (tertiary/aromatic N) is 1. The van der Waals surface area contributed by atoms with Crippen molar-refractivity contribution in [2.24, 2.45) is 0 Å². The smallest absolute Gasteiger partial charge is 0.346 e. The monoisotopic (exact) mass is 393 g/mol. The third-order valence-corrected chi connectivity index (χ3v) is 5.36. The summed E-state index contributed by atoms with van der Waals surface area (Å²) in [6.07, 6.45) is 3.23. The van der Waals surface area contributed by atoms with Crippen molar-refractivity contribution < 1.29 is 14.3 Å². The van der Waals surface area contributed by atoms with E-state index >= 15 is 0 Å². The van der Waals surface area contributed by atoms with Crippen molar-refractivity contribution in [2.45, 2.75) is 4.90 Å². The molecule has 3 aromatic rings. The van der Waals surface area contributed by atoms with E-state index in [9.17, 15) is 9.59 Å². The highest BCUT2D eigenvalue weighted by atomic mass is 35.5. The Morgan fingerprint density at radius 1 is 1.04 bits per heavy atom. The minimum atomic E-state index is -0.604. The van der Waals surface area contributed by atoms with Crippen LogP contribution in [0, 0.1) is 0 Å². The van der Waals surface area contributed by atoms with Gasteiger partial charge in [-0.3, -0.25) is 4.79 Å². The second kappa shape index (κ2) is 7.39. The van der Waals surface area contributed by atoms with Crippen molar-refractivity contribution in [2.75, 3.05) is 0 Å². The predicted octanol–water partition coefficient (Wildman–Crippen LogP) is 5.28. The molecule has 0 saturated carbocycles. The zero-order chi connectivity index (χ0) is 18.8. The summed E-state index contributed by atoms with van der Waals surface area (Å²) in [5, 5.41) is 0.0790. The Kier molecular flexibility index (Phi) is 4.79. The van der Waals surface area contributed by atoms with Crippen molar-refractivity contribution in [1.29, 1.82) is 0 Å². The van der Waals surface area contributed by atoms with Crippen LogP contribution in [0.1, 0.15) is 26.3 Å². The molecule has 1 aliphatic rings. The fourth-order valence-corrected chi connectivity index (χ4v) is 3.90. The van der Waals surface area contributed by atoms with E-state index in [2.05, 4.69) is 4.98 Å². The van der Waals surface area contributed by atoms with Gasteiger partial charge in [0.15, 0.2) is 0 Å². The van der Waals surface area contributed by atoms with Gasteiger partial charge in [0.05, 0.1) is 10.5 Å². The van der Waals surface area contributed by atoms with E-state index in [-0.39, 0.29) is 16.5 Å². The summed E-state index contributed by atoms with van der Waals surface area (Å²) in [7, 11) is 0. The number of ketones is 1. The Morgan fingerprint density at radius 3 is 2.63 bits per heavy atom. The minimum Gasteiger partial charge on any atom is -0.422 e. The Morgan fingerprint density at radius 2 is 1.81 bits per heavy atom. The van der Waals surface area contributed by atoms with Crippen LogP contribution in [0.25, 0.3) is 6.08 Å². The first-order valence-corrected chi connectivity index (χ1v) is 9.28. The van der Waals surface area contributed by atoms with Gasteiger partial charge in [0, 0.05) is 22.2 Å². The third kappa shape index (κ3) is 3.52. The zero-order valence-corrected chi connectivity index (χ0v) is 15.5. The first-order chi connectivity index (χ1) is 13.1. The number of thioether (sulfide) groups is 1. The number of pyridine rings is 1. The molecule has 0 N–H and O–H groups in total. The highest BCUT2D eigenvalue weighted by molar-refractivity contribution is 8.04. The van der Waals surface area contributed by atoms with E-state index in [1.54, 1.807) is 36.4 Å². The first-order valence-electron chi connectivity index (χ1n) is 8.08. The lowest BCUT2D eigenvalue weighted by atomic mass is 10.1. The molecule has 132 valence electrons. The van der Waals surface area contributed by atoms with Crippen molar-refractivity contribution in [3.05, 3.63) is 93.6 Å². The Balaban J connectivity index is 1.64. The van der Waals surface area contributed by atoms with Gasteiger partial charge in [0.2, 0.25) is 5.78 Å². The fraction of sp³-hybridized carbons (Fsp3) is 0.